The molecule has 0 bridgehead atoms. The van der Waals surface area contributed by atoms with Gasteiger partial charge in [0.15, 0.2) is 29.3 Å². The van der Waals surface area contributed by atoms with Crippen LogP contribution >= 0.6 is 11.3 Å². The molecule has 2 saturated heterocycles. The number of anilines is 1. The highest BCUT2D eigenvalue weighted by molar-refractivity contribution is 7.18. The summed E-state index contributed by atoms with van der Waals surface area (Å²) in [5, 5.41) is 12.0. The highest BCUT2D eigenvalue weighted by Gasteiger charge is 2.33. The normalized spacial score (nSPS) is 20.1. The fourth-order valence-corrected chi connectivity index (χ4v) is 5.48. The molecule has 0 saturated carbocycles. The number of likely N-dealkylation sites (tertiary alicyclic amines) is 1. The molecule has 3 aromatic rings. The first-order valence-electron chi connectivity index (χ1n) is 12.3. The molecule has 0 radical (unpaired) electrons. The van der Waals surface area contributed by atoms with Crippen LogP contribution in [0.4, 0.5) is 5.13 Å². The second-order valence-corrected chi connectivity index (χ2v) is 10.2. The van der Waals surface area contributed by atoms with Crippen LogP contribution in [0.3, 0.4) is 0 Å². The molecule has 1 N–H and O–H groups in total. The quantitative estimate of drug-likeness (QED) is 0.460. The number of aromatic nitrogens is 2. The van der Waals surface area contributed by atoms with Gasteiger partial charge in [-0.25, -0.2) is 0 Å². The number of rotatable bonds is 8. The van der Waals surface area contributed by atoms with Gasteiger partial charge in [0.2, 0.25) is 23.7 Å². The second kappa shape index (κ2) is 10.5. The van der Waals surface area contributed by atoms with Crippen molar-refractivity contribution < 1.29 is 33.3 Å². The minimum absolute atomic E-state index is 0.0628. The Balaban J connectivity index is 1.07. The van der Waals surface area contributed by atoms with Crippen molar-refractivity contribution in [2.24, 2.45) is 0 Å². The molecule has 2 fully saturated rings. The van der Waals surface area contributed by atoms with E-state index >= 15 is 0 Å². The average molecular weight is 539 g/mol. The van der Waals surface area contributed by atoms with Crippen LogP contribution in [0.25, 0.3) is 10.6 Å². The molecule has 1 aromatic heterocycles. The predicted octanol–water partition coefficient (Wildman–Crippen LogP) is 3.41. The summed E-state index contributed by atoms with van der Waals surface area (Å²) in [6.07, 6.45) is 1.80. The van der Waals surface area contributed by atoms with Crippen LogP contribution in [-0.2, 0) is 14.3 Å². The molecule has 0 spiro atoms. The number of hydrogen-bond acceptors (Lipinski definition) is 10. The van der Waals surface area contributed by atoms with Crippen molar-refractivity contribution in [1.29, 1.82) is 0 Å². The van der Waals surface area contributed by atoms with E-state index in [9.17, 15) is 9.59 Å². The Bertz CT molecular complexity index is 1360. The monoisotopic (exact) mass is 538 g/mol. The van der Waals surface area contributed by atoms with Crippen molar-refractivity contribution in [2.75, 3.05) is 38.9 Å². The van der Waals surface area contributed by atoms with Gasteiger partial charge < -0.3 is 28.6 Å². The van der Waals surface area contributed by atoms with E-state index in [1.807, 2.05) is 36.4 Å². The van der Waals surface area contributed by atoms with Crippen molar-refractivity contribution in [3.05, 3.63) is 42.0 Å². The fraction of sp³-hybridized carbons (Fsp3) is 0.385. The van der Waals surface area contributed by atoms with Gasteiger partial charge >= 0.3 is 0 Å². The van der Waals surface area contributed by atoms with Crippen LogP contribution in [-0.4, -0.2) is 66.8 Å². The van der Waals surface area contributed by atoms with Crippen molar-refractivity contribution >= 4 is 28.3 Å². The molecular formula is C26H26N4O7S. The van der Waals surface area contributed by atoms with E-state index < -0.39 is 0 Å². The summed E-state index contributed by atoms with van der Waals surface area (Å²) in [5.74, 6) is 2.06. The fourth-order valence-electron chi connectivity index (χ4n) is 4.72. The third-order valence-electron chi connectivity index (χ3n) is 6.65. The lowest BCUT2D eigenvalue weighted by atomic mass is 9.98. The van der Waals surface area contributed by atoms with E-state index in [-0.39, 0.29) is 37.4 Å². The van der Waals surface area contributed by atoms with Crippen molar-refractivity contribution in [3.63, 3.8) is 0 Å². The number of hydrogen-bond donors (Lipinski definition) is 1. The number of nitrogens with one attached hydrogen (secondary N) is 1. The Kier molecular flexibility index (Phi) is 6.73. The number of carbonyl (C=O) groups is 2. The minimum atomic E-state index is -0.329. The van der Waals surface area contributed by atoms with Gasteiger partial charge in [-0.3, -0.25) is 14.9 Å². The molecule has 198 valence electrons. The van der Waals surface area contributed by atoms with Crippen LogP contribution in [0, 0.1) is 0 Å². The van der Waals surface area contributed by atoms with E-state index in [1.54, 1.807) is 12.0 Å². The second-order valence-electron chi connectivity index (χ2n) is 9.17. The van der Waals surface area contributed by atoms with E-state index in [1.165, 1.54) is 11.3 Å². The van der Waals surface area contributed by atoms with Crippen molar-refractivity contribution in [3.8, 4) is 33.6 Å². The number of ether oxygens (including phenoxy) is 5. The molecule has 6 rings (SSSR count). The molecule has 2 amide bonds. The van der Waals surface area contributed by atoms with Crippen LogP contribution < -0.4 is 24.3 Å². The molecule has 0 aliphatic carbocycles. The molecule has 2 aromatic carbocycles. The van der Waals surface area contributed by atoms with Crippen LogP contribution in [0.2, 0.25) is 0 Å². The Morgan fingerprint density at radius 1 is 1.16 bits per heavy atom. The molecule has 1 unspecified atom stereocenters. The third kappa shape index (κ3) is 5.09. The lowest BCUT2D eigenvalue weighted by Gasteiger charge is -2.19. The number of nitrogens with zero attached hydrogens (tertiary/aromatic N) is 3. The first-order chi connectivity index (χ1) is 18.6. The average Bonchev–Trinajstić information content (AvgIpc) is 3.72. The van der Waals surface area contributed by atoms with Crippen LogP contribution in [0.15, 0.2) is 36.4 Å². The van der Waals surface area contributed by atoms with Gasteiger partial charge in [-0.05, 0) is 42.3 Å². The lowest BCUT2D eigenvalue weighted by molar-refractivity contribution is -0.131. The summed E-state index contributed by atoms with van der Waals surface area (Å²) in [7, 11) is 1.59. The predicted molar refractivity (Wildman–Crippen MR) is 137 cm³/mol. The molecule has 4 heterocycles. The van der Waals surface area contributed by atoms with Gasteiger partial charge in [0.1, 0.15) is 5.01 Å². The van der Waals surface area contributed by atoms with Gasteiger partial charge in [-0.2, -0.15) is 0 Å². The standard InChI is InChI=1S/C26H26N4O7S/c1-33-18-6-4-15(9-21(18)37-24-3-2-8-34-24)17-11-23(32)30(12-17)13-22(31)27-26-29-28-25(38-26)16-5-7-19-20(10-16)36-14-35-19/h4-7,9-10,17,24H,2-3,8,11-14H2,1H3,(H,27,29,31)/t17-,24?/m1/s1. The summed E-state index contributed by atoms with van der Waals surface area (Å²) in [4.78, 5) is 27.0. The first kappa shape index (κ1) is 24.4. The first-order valence-corrected chi connectivity index (χ1v) is 13.1. The summed E-state index contributed by atoms with van der Waals surface area (Å²) in [6, 6.07) is 11.2. The van der Waals surface area contributed by atoms with Crippen molar-refractivity contribution in [1.82, 2.24) is 15.1 Å². The van der Waals surface area contributed by atoms with E-state index in [2.05, 4.69) is 15.5 Å². The number of benzene rings is 2. The van der Waals surface area contributed by atoms with Crippen molar-refractivity contribution in [2.45, 2.75) is 31.5 Å². The number of fused-ring (bicyclic) bond motifs is 1. The highest BCUT2D eigenvalue weighted by atomic mass is 32.1. The molecule has 3 aliphatic heterocycles. The molecule has 3 aliphatic rings. The van der Waals surface area contributed by atoms with E-state index in [4.69, 9.17) is 23.7 Å². The molecule has 12 heteroatoms. The van der Waals surface area contributed by atoms with Gasteiger partial charge in [-0.1, -0.05) is 17.4 Å². The topological polar surface area (TPSA) is 121 Å². The number of amides is 2. The zero-order valence-corrected chi connectivity index (χ0v) is 21.5. The summed E-state index contributed by atoms with van der Waals surface area (Å²) in [5.41, 5.74) is 1.76. The Hall–Kier alpha value is -3.90. The third-order valence-corrected chi connectivity index (χ3v) is 7.53. The largest absolute Gasteiger partial charge is 0.493 e. The highest BCUT2D eigenvalue weighted by Crippen LogP contribution is 2.38. The minimum Gasteiger partial charge on any atom is -0.493 e. The van der Waals surface area contributed by atoms with E-state index in [0.717, 1.165) is 24.0 Å². The number of carbonyl (C=O) groups excluding carboxylic acids is 2. The number of methoxy groups -OCH3 is 1. The van der Waals surface area contributed by atoms with Crippen LogP contribution in [0.1, 0.15) is 30.7 Å². The Labute approximate surface area is 222 Å². The maximum absolute atomic E-state index is 12.7. The zero-order chi connectivity index (χ0) is 26.1. The van der Waals surface area contributed by atoms with Crippen LogP contribution in [0.5, 0.6) is 23.0 Å². The molecular weight excluding hydrogens is 512 g/mol. The SMILES string of the molecule is COc1ccc([C@@H]2CC(=O)N(CC(=O)Nc3nnc(-c4ccc5c(c4)OCO5)s3)C2)cc1OC1CCCO1. The summed E-state index contributed by atoms with van der Waals surface area (Å²) >= 11 is 1.24. The van der Waals surface area contributed by atoms with Gasteiger partial charge in [0, 0.05) is 30.9 Å². The van der Waals surface area contributed by atoms with Gasteiger partial charge in [0.05, 0.1) is 20.3 Å². The van der Waals surface area contributed by atoms with Gasteiger partial charge in [-0.15, -0.1) is 10.2 Å². The summed E-state index contributed by atoms with van der Waals surface area (Å²) in [6.45, 7) is 1.23. The summed E-state index contributed by atoms with van der Waals surface area (Å²) < 4.78 is 27.8. The molecule has 38 heavy (non-hydrogen) atoms. The Morgan fingerprint density at radius 3 is 2.89 bits per heavy atom. The lowest BCUT2D eigenvalue weighted by Crippen LogP contribution is -2.34. The Morgan fingerprint density at radius 2 is 2.05 bits per heavy atom. The maximum atomic E-state index is 12.7. The van der Waals surface area contributed by atoms with Gasteiger partial charge in [0.25, 0.3) is 0 Å². The molecule has 2 atom stereocenters. The maximum Gasteiger partial charge on any atom is 0.245 e. The smallest absolute Gasteiger partial charge is 0.245 e. The zero-order valence-electron chi connectivity index (χ0n) is 20.7. The molecule has 11 nitrogen and oxygen atoms in total. The van der Waals surface area contributed by atoms with E-state index in [0.29, 0.717) is 52.7 Å².